The Morgan fingerprint density at radius 2 is 1.54 bits per heavy atom. The Hall–Kier alpha value is -2.54. The van der Waals surface area contributed by atoms with Crippen LogP contribution in [0.2, 0.25) is 0 Å². The minimum atomic E-state index is -4.69. The van der Waals surface area contributed by atoms with Crippen LogP contribution in [0.4, 0.5) is 18.0 Å². The Morgan fingerprint density at radius 3 is 2.04 bits per heavy atom. The second-order valence-electron chi connectivity index (χ2n) is 7.32. The van der Waals surface area contributed by atoms with Crippen LogP contribution in [0.1, 0.15) is 29.9 Å². The van der Waals surface area contributed by atoms with Crippen molar-refractivity contribution in [3.8, 4) is 11.1 Å². The number of nitrogens with zero attached hydrogens (tertiary/aromatic N) is 1. The fraction of sp³-hybridized carbons (Fsp3) is 0.381. The largest absolute Gasteiger partial charge is 0.448 e. The standard InChI is InChI=1S/C21H20F3NO3/c22-21(23,24)20(27)9-11-25(12-10-20)19(26)28-13-18-16-7-3-1-5-14(16)15-6-2-4-8-17(15)18/h1-8,18,27H,9-13H2. The number of amides is 1. The number of hydrogen-bond acceptors (Lipinski definition) is 3. The molecule has 1 aliphatic carbocycles. The number of carbonyl (C=O) groups excluding carboxylic acids is 1. The van der Waals surface area contributed by atoms with E-state index in [2.05, 4.69) is 0 Å². The molecule has 28 heavy (non-hydrogen) atoms. The maximum Gasteiger partial charge on any atom is 0.417 e. The smallest absolute Gasteiger partial charge is 0.417 e. The minimum Gasteiger partial charge on any atom is -0.448 e. The van der Waals surface area contributed by atoms with E-state index in [0.29, 0.717) is 0 Å². The predicted molar refractivity (Wildman–Crippen MR) is 96.9 cm³/mol. The second-order valence-corrected chi connectivity index (χ2v) is 7.32. The molecular formula is C21H20F3NO3. The van der Waals surface area contributed by atoms with Crippen molar-refractivity contribution < 1.29 is 27.8 Å². The van der Waals surface area contributed by atoms with E-state index in [9.17, 15) is 23.1 Å². The number of ether oxygens (including phenoxy) is 1. The molecule has 0 atom stereocenters. The lowest BCUT2D eigenvalue weighted by Gasteiger charge is -2.38. The summed E-state index contributed by atoms with van der Waals surface area (Å²) < 4.78 is 44.2. The Balaban J connectivity index is 1.42. The first-order chi connectivity index (χ1) is 13.3. The van der Waals surface area contributed by atoms with Crippen molar-refractivity contribution in [2.45, 2.75) is 30.5 Å². The van der Waals surface area contributed by atoms with Crippen LogP contribution >= 0.6 is 0 Å². The lowest BCUT2D eigenvalue weighted by molar-refractivity contribution is -0.271. The molecule has 1 saturated heterocycles. The molecule has 1 fully saturated rings. The lowest BCUT2D eigenvalue weighted by atomic mass is 9.91. The molecule has 0 bridgehead atoms. The van der Waals surface area contributed by atoms with Gasteiger partial charge in [0, 0.05) is 31.8 Å². The van der Waals surface area contributed by atoms with Crippen LogP contribution < -0.4 is 0 Å². The van der Waals surface area contributed by atoms with Gasteiger partial charge in [0.1, 0.15) is 6.61 Å². The summed E-state index contributed by atoms with van der Waals surface area (Å²) in [6, 6.07) is 15.8. The summed E-state index contributed by atoms with van der Waals surface area (Å²) in [6.07, 6.45) is -6.42. The molecule has 148 valence electrons. The van der Waals surface area contributed by atoms with E-state index in [0.717, 1.165) is 22.3 Å². The number of piperidine rings is 1. The van der Waals surface area contributed by atoms with Gasteiger partial charge >= 0.3 is 12.3 Å². The van der Waals surface area contributed by atoms with Gasteiger partial charge in [-0.25, -0.2) is 4.79 Å². The van der Waals surface area contributed by atoms with Gasteiger partial charge in [-0.3, -0.25) is 0 Å². The molecule has 7 heteroatoms. The molecule has 1 amide bonds. The highest BCUT2D eigenvalue weighted by atomic mass is 19.4. The molecule has 1 aliphatic heterocycles. The fourth-order valence-electron chi connectivity index (χ4n) is 4.03. The first-order valence-electron chi connectivity index (χ1n) is 9.19. The fourth-order valence-corrected chi connectivity index (χ4v) is 4.03. The van der Waals surface area contributed by atoms with E-state index in [1.54, 1.807) is 0 Å². The highest BCUT2D eigenvalue weighted by Crippen LogP contribution is 2.44. The zero-order valence-electron chi connectivity index (χ0n) is 15.1. The molecule has 2 aromatic rings. The summed E-state index contributed by atoms with van der Waals surface area (Å²) in [7, 11) is 0. The first-order valence-corrected chi connectivity index (χ1v) is 9.19. The van der Waals surface area contributed by atoms with Gasteiger partial charge in [0.2, 0.25) is 0 Å². The quantitative estimate of drug-likeness (QED) is 0.829. The molecule has 0 radical (unpaired) electrons. The van der Waals surface area contributed by atoms with E-state index >= 15 is 0 Å². The molecule has 0 unspecified atom stereocenters. The third kappa shape index (κ3) is 3.13. The zero-order chi connectivity index (χ0) is 19.9. The van der Waals surface area contributed by atoms with Gasteiger partial charge in [-0.15, -0.1) is 0 Å². The van der Waals surface area contributed by atoms with Crippen LogP contribution in [0.5, 0.6) is 0 Å². The SMILES string of the molecule is O=C(OCC1c2ccccc2-c2ccccc21)N1CCC(O)(C(F)(F)F)CC1. The topological polar surface area (TPSA) is 49.8 Å². The highest BCUT2D eigenvalue weighted by molar-refractivity contribution is 5.79. The maximum absolute atomic E-state index is 12.9. The number of halogens is 3. The monoisotopic (exact) mass is 391 g/mol. The number of carbonyl (C=O) groups is 1. The first kappa shape index (κ1) is 18.8. The van der Waals surface area contributed by atoms with Crippen molar-refractivity contribution in [1.82, 2.24) is 4.90 Å². The van der Waals surface area contributed by atoms with Gasteiger partial charge in [0.15, 0.2) is 5.60 Å². The lowest BCUT2D eigenvalue weighted by Crippen LogP contribution is -2.54. The van der Waals surface area contributed by atoms with Crippen molar-refractivity contribution in [2.24, 2.45) is 0 Å². The van der Waals surface area contributed by atoms with Crippen LogP contribution in [0.3, 0.4) is 0 Å². The average Bonchev–Trinajstić information content (AvgIpc) is 3.00. The molecule has 0 spiro atoms. The maximum atomic E-state index is 12.9. The van der Waals surface area contributed by atoms with E-state index in [4.69, 9.17) is 4.74 Å². The van der Waals surface area contributed by atoms with E-state index in [1.165, 1.54) is 4.90 Å². The zero-order valence-corrected chi connectivity index (χ0v) is 15.1. The highest BCUT2D eigenvalue weighted by Gasteiger charge is 2.55. The van der Waals surface area contributed by atoms with Gasteiger partial charge in [-0.1, -0.05) is 48.5 Å². The number of fused-ring (bicyclic) bond motifs is 3. The molecular weight excluding hydrogens is 371 g/mol. The van der Waals surface area contributed by atoms with Crippen LogP contribution in [-0.2, 0) is 4.74 Å². The summed E-state index contributed by atoms with van der Waals surface area (Å²) in [6.45, 7) is -0.258. The van der Waals surface area contributed by atoms with Gasteiger partial charge < -0.3 is 14.7 Å². The van der Waals surface area contributed by atoms with Gasteiger partial charge in [-0.2, -0.15) is 13.2 Å². The summed E-state index contributed by atoms with van der Waals surface area (Å²) >= 11 is 0. The summed E-state index contributed by atoms with van der Waals surface area (Å²) in [5.41, 5.74) is 1.62. The average molecular weight is 391 g/mol. The summed E-state index contributed by atoms with van der Waals surface area (Å²) in [5.74, 6) is -0.103. The van der Waals surface area contributed by atoms with Crippen LogP contribution in [-0.4, -0.2) is 47.6 Å². The Kier molecular flexibility index (Phi) is 4.57. The van der Waals surface area contributed by atoms with E-state index in [1.807, 2.05) is 48.5 Å². The van der Waals surface area contributed by atoms with Crippen molar-refractivity contribution in [2.75, 3.05) is 19.7 Å². The molecule has 4 nitrogen and oxygen atoms in total. The van der Waals surface area contributed by atoms with E-state index in [-0.39, 0.29) is 25.6 Å². The molecule has 0 aromatic heterocycles. The molecule has 2 aliphatic rings. The van der Waals surface area contributed by atoms with Crippen LogP contribution in [0.25, 0.3) is 11.1 Å². The normalized spacial score (nSPS) is 18.5. The minimum absolute atomic E-state index is 0.103. The molecule has 4 rings (SSSR count). The molecule has 0 saturated carbocycles. The third-order valence-corrected chi connectivity index (χ3v) is 5.71. The Morgan fingerprint density at radius 1 is 1.04 bits per heavy atom. The van der Waals surface area contributed by atoms with Gasteiger partial charge in [0.25, 0.3) is 0 Å². The third-order valence-electron chi connectivity index (χ3n) is 5.71. The number of hydrogen-bond donors (Lipinski definition) is 1. The molecule has 2 aromatic carbocycles. The Labute approximate surface area is 160 Å². The number of benzene rings is 2. The summed E-state index contributed by atoms with van der Waals surface area (Å²) in [5, 5.41) is 9.72. The molecule has 1 heterocycles. The Bertz CT molecular complexity index is 843. The predicted octanol–water partition coefficient (Wildman–Crippen LogP) is 4.32. The van der Waals surface area contributed by atoms with Crippen molar-refractivity contribution in [1.29, 1.82) is 0 Å². The number of likely N-dealkylation sites (tertiary alicyclic amines) is 1. The van der Waals surface area contributed by atoms with Crippen molar-refractivity contribution in [3.05, 3.63) is 59.7 Å². The number of rotatable bonds is 2. The van der Waals surface area contributed by atoms with Gasteiger partial charge in [0.05, 0.1) is 0 Å². The number of aliphatic hydroxyl groups is 1. The van der Waals surface area contributed by atoms with E-state index < -0.39 is 30.7 Å². The molecule has 1 N–H and O–H groups in total. The van der Waals surface area contributed by atoms with Crippen LogP contribution in [0, 0.1) is 0 Å². The van der Waals surface area contributed by atoms with Crippen molar-refractivity contribution >= 4 is 6.09 Å². The summed E-state index contributed by atoms with van der Waals surface area (Å²) in [4.78, 5) is 13.6. The number of alkyl halides is 3. The van der Waals surface area contributed by atoms with Gasteiger partial charge in [-0.05, 0) is 22.3 Å². The van der Waals surface area contributed by atoms with Crippen LogP contribution in [0.15, 0.2) is 48.5 Å². The van der Waals surface area contributed by atoms with Crippen molar-refractivity contribution in [3.63, 3.8) is 0 Å². The second kappa shape index (κ2) is 6.81.